The molecule has 0 saturated heterocycles. The Morgan fingerprint density at radius 3 is 2.27 bits per heavy atom. The van der Waals surface area contributed by atoms with Gasteiger partial charge in [0.1, 0.15) is 12.4 Å². The molecule has 0 saturated carbocycles. The van der Waals surface area contributed by atoms with Gasteiger partial charge in [0.25, 0.3) is 5.91 Å². The molecular formula is C25H27ClN2O4S. The van der Waals surface area contributed by atoms with Crippen molar-refractivity contribution >= 4 is 27.5 Å². The second kappa shape index (κ2) is 10.8. The van der Waals surface area contributed by atoms with Crippen molar-refractivity contribution in [3.63, 3.8) is 0 Å². The monoisotopic (exact) mass is 486 g/mol. The van der Waals surface area contributed by atoms with Gasteiger partial charge in [-0.1, -0.05) is 54.1 Å². The number of nitrogens with zero attached hydrogens (tertiary/aromatic N) is 1. The largest absolute Gasteiger partial charge is 0.489 e. The molecule has 6 nitrogen and oxygen atoms in total. The van der Waals surface area contributed by atoms with Gasteiger partial charge < -0.3 is 10.1 Å². The van der Waals surface area contributed by atoms with Gasteiger partial charge in [0, 0.05) is 19.6 Å². The van der Waals surface area contributed by atoms with Crippen molar-refractivity contribution in [1.82, 2.24) is 9.62 Å². The van der Waals surface area contributed by atoms with Crippen molar-refractivity contribution in [3.8, 4) is 5.75 Å². The number of amides is 1. The molecule has 33 heavy (non-hydrogen) atoms. The van der Waals surface area contributed by atoms with E-state index < -0.39 is 15.9 Å². The molecule has 0 aliphatic carbocycles. The normalized spacial score (nSPS) is 11.6. The molecule has 8 heteroatoms. The van der Waals surface area contributed by atoms with Gasteiger partial charge in [0.2, 0.25) is 10.0 Å². The zero-order chi connectivity index (χ0) is 24.0. The summed E-state index contributed by atoms with van der Waals surface area (Å²) in [5.74, 6) is 0.357. The standard InChI is InChI=1S/C25H27ClN2O4S/c1-18(2)28(3)33(30,31)22-13-14-24(26)23(15-22)25(29)27-16-19-9-11-20(12-10-19)17-32-21-7-5-4-6-8-21/h4-15,18H,16-17H2,1-3H3,(H,27,29). The highest BCUT2D eigenvalue weighted by atomic mass is 35.5. The van der Waals surface area contributed by atoms with Crippen LogP contribution in [0.4, 0.5) is 0 Å². The van der Waals surface area contributed by atoms with Crippen LogP contribution in [0.5, 0.6) is 5.75 Å². The molecular weight excluding hydrogens is 460 g/mol. The van der Waals surface area contributed by atoms with Gasteiger partial charge in [-0.3, -0.25) is 4.79 Å². The van der Waals surface area contributed by atoms with E-state index in [0.717, 1.165) is 16.9 Å². The zero-order valence-electron chi connectivity index (χ0n) is 18.8. The van der Waals surface area contributed by atoms with Gasteiger partial charge >= 0.3 is 0 Å². The minimum Gasteiger partial charge on any atom is -0.489 e. The first-order chi connectivity index (χ1) is 15.7. The van der Waals surface area contributed by atoms with Crippen molar-refractivity contribution in [2.75, 3.05) is 7.05 Å². The smallest absolute Gasteiger partial charge is 0.253 e. The summed E-state index contributed by atoms with van der Waals surface area (Å²) < 4.78 is 32.5. The van der Waals surface area contributed by atoms with Crippen LogP contribution < -0.4 is 10.1 Å². The summed E-state index contributed by atoms with van der Waals surface area (Å²) in [6, 6.07) is 21.2. The van der Waals surface area contributed by atoms with Gasteiger partial charge in [-0.2, -0.15) is 4.31 Å². The Hall–Kier alpha value is -2.87. The number of para-hydroxylation sites is 1. The van der Waals surface area contributed by atoms with E-state index in [1.54, 1.807) is 13.8 Å². The lowest BCUT2D eigenvalue weighted by atomic mass is 10.1. The van der Waals surface area contributed by atoms with Crippen LogP contribution in [0.25, 0.3) is 0 Å². The average Bonchev–Trinajstić information content (AvgIpc) is 2.82. The van der Waals surface area contributed by atoms with Crippen LogP contribution in [0, 0.1) is 0 Å². The van der Waals surface area contributed by atoms with Crippen LogP contribution >= 0.6 is 11.6 Å². The Morgan fingerprint density at radius 1 is 1.00 bits per heavy atom. The first-order valence-corrected chi connectivity index (χ1v) is 12.3. The highest BCUT2D eigenvalue weighted by Crippen LogP contribution is 2.23. The number of carbonyl (C=O) groups excluding carboxylic acids is 1. The number of halogens is 1. The second-order valence-corrected chi connectivity index (χ2v) is 10.3. The highest BCUT2D eigenvalue weighted by Gasteiger charge is 2.25. The van der Waals surface area contributed by atoms with Crippen molar-refractivity contribution in [2.24, 2.45) is 0 Å². The number of sulfonamides is 1. The minimum atomic E-state index is -3.73. The molecule has 0 fully saturated rings. The van der Waals surface area contributed by atoms with Crippen molar-refractivity contribution in [2.45, 2.75) is 37.9 Å². The Kier molecular flexibility index (Phi) is 8.13. The van der Waals surface area contributed by atoms with Crippen molar-refractivity contribution < 1.29 is 17.9 Å². The van der Waals surface area contributed by atoms with Crippen LogP contribution in [0.1, 0.15) is 35.3 Å². The quantitative estimate of drug-likeness (QED) is 0.467. The van der Waals surface area contributed by atoms with Crippen LogP contribution in [0.3, 0.4) is 0 Å². The predicted octanol–water partition coefficient (Wildman–Crippen LogP) is 4.88. The van der Waals surface area contributed by atoms with Crippen LogP contribution in [-0.2, 0) is 23.2 Å². The number of benzene rings is 3. The van der Waals surface area contributed by atoms with Crippen molar-refractivity contribution in [3.05, 3.63) is 94.5 Å². The fourth-order valence-electron chi connectivity index (χ4n) is 3.00. The van der Waals surface area contributed by atoms with Gasteiger partial charge in [0.05, 0.1) is 15.5 Å². The van der Waals surface area contributed by atoms with E-state index >= 15 is 0 Å². The van der Waals surface area contributed by atoms with E-state index in [4.69, 9.17) is 16.3 Å². The Labute approximate surface area is 200 Å². The Balaban J connectivity index is 1.63. The maximum absolute atomic E-state index is 12.8. The summed E-state index contributed by atoms with van der Waals surface area (Å²) in [7, 11) is -2.22. The topological polar surface area (TPSA) is 75.7 Å². The Morgan fingerprint density at radius 2 is 1.64 bits per heavy atom. The fraction of sp³-hybridized carbons (Fsp3) is 0.240. The molecule has 1 amide bonds. The molecule has 0 spiro atoms. The van der Waals surface area contributed by atoms with E-state index in [-0.39, 0.29) is 28.1 Å². The molecule has 0 aliphatic rings. The van der Waals surface area contributed by atoms with E-state index in [9.17, 15) is 13.2 Å². The lowest BCUT2D eigenvalue weighted by Crippen LogP contribution is -2.33. The van der Waals surface area contributed by atoms with Gasteiger partial charge in [0.15, 0.2) is 0 Å². The molecule has 174 valence electrons. The lowest BCUT2D eigenvalue weighted by molar-refractivity contribution is 0.0951. The molecule has 0 bridgehead atoms. The molecule has 0 aromatic heterocycles. The molecule has 1 N–H and O–H groups in total. The Bertz CT molecular complexity index is 1200. The molecule has 0 aliphatic heterocycles. The third-order valence-electron chi connectivity index (χ3n) is 5.21. The molecule has 0 radical (unpaired) electrons. The van der Waals surface area contributed by atoms with Crippen molar-refractivity contribution in [1.29, 1.82) is 0 Å². The summed E-state index contributed by atoms with van der Waals surface area (Å²) in [6.45, 7) is 4.27. The van der Waals surface area contributed by atoms with Gasteiger partial charge in [-0.05, 0) is 55.3 Å². The molecule has 0 unspecified atom stereocenters. The summed E-state index contributed by atoms with van der Waals surface area (Å²) >= 11 is 6.19. The summed E-state index contributed by atoms with van der Waals surface area (Å²) in [4.78, 5) is 12.7. The van der Waals surface area contributed by atoms with E-state index in [2.05, 4.69) is 5.32 Å². The third-order valence-corrected chi connectivity index (χ3v) is 7.57. The average molecular weight is 487 g/mol. The number of rotatable bonds is 9. The summed E-state index contributed by atoms with van der Waals surface area (Å²) in [5, 5.41) is 2.99. The van der Waals surface area contributed by atoms with E-state index in [1.807, 2.05) is 54.6 Å². The van der Waals surface area contributed by atoms with E-state index in [0.29, 0.717) is 6.61 Å². The SMILES string of the molecule is CC(C)N(C)S(=O)(=O)c1ccc(Cl)c(C(=O)NCc2ccc(COc3ccccc3)cc2)c1. The number of nitrogens with one attached hydrogen (secondary N) is 1. The molecule has 3 aromatic carbocycles. The number of carbonyl (C=O) groups is 1. The highest BCUT2D eigenvalue weighted by molar-refractivity contribution is 7.89. The second-order valence-electron chi connectivity index (χ2n) is 7.86. The maximum Gasteiger partial charge on any atom is 0.253 e. The molecule has 3 rings (SSSR count). The zero-order valence-corrected chi connectivity index (χ0v) is 20.4. The fourth-order valence-corrected chi connectivity index (χ4v) is 4.59. The van der Waals surface area contributed by atoms with Crippen LogP contribution in [-0.4, -0.2) is 31.7 Å². The molecule has 0 atom stereocenters. The minimum absolute atomic E-state index is 0.0241. The number of hydrogen-bond donors (Lipinski definition) is 1. The number of ether oxygens (including phenoxy) is 1. The first kappa shape index (κ1) is 24.8. The number of hydrogen-bond acceptors (Lipinski definition) is 4. The van der Waals surface area contributed by atoms with Crippen LogP contribution in [0.2, 0.25) is 5.02 Å². The molecule has 0 heterocycles. The summed E-state index contributed by atoms with van der Waals surface area (Å²) in [6.07, 6.45) is 0. The van der Waals surface area contributed by atoms with Gasteiger partial charge in [-0.15, -0.1) is 0 Å². The third kappa shape index (κ3) is 6.35. The lowest BCUT2D eigenvalue weighted by Gasteiger charge is -2.21. The van der Waals surface area contributed by atoms with Gasteiger partial charge in [-0.25, -0.2) is 8.42 Å². The molecule has 3 aromatic rings. The van der Waals surface area contributed by atoms with E-state index in [1.165, 1.54) is 29.6 Å². The predicted molar refractivity (Wildman–Crippen MR) is 130 cm³/mol. The summed E-state index contributed by atoms with van der Waals surface area (Å²) in [5.41, 5.74) is 2.01. The first-order valence-electron chi connectivity index (χ1n) is 10.5. The van der Waals surface area contributed by atoms with Crippen LogP contribution in [0.15, 0.2) is 77.7 Å². The maximum atomic E-state index is 12.8.